The zero-order valence-corrected chi connectivity index (χ0v) is 23.3. The molecule has 0 unspecified atom stereocenters. The van der Waals surface area contributed by atoms with E-state index in [2.05, 4.69) is 76.2 Å². The molecule has 0 spiro atoms. The van der Waals surface area contributed by atoms with E-state index in [1.54, 1.807) is 0 Å². The first-order valence-electron chi connectivity index (χ1n) is 13.1. The maximum Gasteiger partial charge on any atom is -0.0411 e. The summed E-state index contributed by atoms with van der Waals surface area (Å²) in [5, 5.41) is 0. The lowest BCUT2D eigenvalue weighted by Crippen LogP contribution is -1.99. The largest absolute Gasteiger partial charge is 0.0776 e. The summed E-state index contributed by atoms with van der Waals surface area (Å²) in [6, 6.07) is 0. The Morgan fingerprint density at radius 1 is 0.586 bits per heavy atom. The molecule has 0 aromatic heterocycles. The Balaban J connectivity index is -0.0000000570. The fraction of sp³-hybridized carbons (Fsp3) is 1.00. The third kappa shape index (κ3) is 112. The number of rotatable bonds is 5. The van der Waals surface area contributed by atoms with Crippen molar-refractivity contribution in [2.24, 2.45) is 11.3 Å². The molecular formula is C29H70. The third-order valence-corrected chi connectivity index (χ3v) is 3.60. The highest BCUT2D eigenvalue weighted by atomic mass is 14.1. The molecule has 0 aromatic rings. The van der Waals surface area contributed by atoms with Crippen LogP contribution in [-0.2, 0) is 0 Å². The van der Waals surface area contributed by atoms with Crippen molar-refractivity contribution in [3.63, 3.8) is 0 Å². The Kier molecular flexibility index (Phi) is 62.5. The fourth-order valence-electron chi connectivity index (χ4n) is 1.98. The van der Waals surface area contributed by atoms with Gasteiger partial charge in [0, 0.05) is 0 Å². The van der Waals surface area contributed by atoms with Gasteiger partial charge in [-0.15, -0.1) is 0 Å². The van der Waals surface area contributed by atoms with Gasteiger partial charge in [-0.05, 0) is 11.3 Å². The van der Waals surface area contributed by atoms with Crippen molar-refractivity contribution in [2.45, 2.75) is 181 Å². The lowest BCUT2D eigenvalue weighted by molar-refractivity contribution is 0.385. The van der Waals surface area contributed by atoms with E-state index in [0.717, 1.165) is 5.92 Å². The van der Waals surface area contributed by atoms with E-state index in [4.69, 9.17) is 0 Å². The Morgan fingerprint density at radius 2 is 0.862 bits per heavy atom. The van der Waals surface area contributed by atoms with E-state index < -0.39 is 0 Å². The van der Waals surface area contributed by atoms with Gasteiger partial charge in [0.25, 0.3) is 0 Å². The molecule has 0 saturated heterocycles. The van der Waals surface area contributed by atoms with Crippen molar-refractivity contribution >= 4 is 0 Å². The third-order valence-electron chi connectivity index (χ3n) is 3.60. The second-order valence-corrected chi connectivity index (χ2v) is 9.51. The van der Waals surface area contributed by atoms with Crippen molar-refractivity contribution in [1.82, 2.24) is 0 Å². The van der Waals surface area contributed by atoms with Gasteiger partial charge >= 0.3 is 0 Å². The molecule has 1 aliphatic rings. The molecule has 0 heteroatoms. The van der Waals surface area contributed by atoms with Gasteiger partial charge in [0.05, 0.1) is 0 Å². The molecule has 0 aliphatic heterocycles. The summed E-state index contributed by atoms with van der Waals surface area (Å²) in [6.07, 6.45) is 18.3. The topological polar surface area (TPSA) is 0 Å². The maximum absolute atomic E-state index is 2.36. The van der Waals surface area contributed by atoms with Gasteiger partial charge in [-0.1, -0.05) is 181 Å². The van der Waals surface area contributed by atoms with Crippen LogP contribution in [0.15, 0.2) is 0 Å². The highest BCUT2D eigenvalue weighted by Gasteiger charge is 2.05. The summed E-state index contributed by atoms with van der Waals surface area (Å²) in [6.45, 7) is 28.2. The minimum Gasteiger partial charge on any atom is -0.0776 e. The minimum absolute atomic E-state index is 0. The molecule has 29 heavy (non-hydrogen) atoms. The first kappa shape index (κ1) is 43.0. The standard InChI is InChI=1S/C7H14.C7H16.C5H12.C4H10.C3H8.C2H6.CH4/c1-7-5-3-2-4-6-7;1-3-5-7-6-4-2;1-5(2,3)4;1-3-4-2;1-3-2;1-2;/h7H,2-6H2,1H3;3-7H2,1-2H3;1-4H3;3-4H2,1-2H3;3H2,1-2H3;1-2H3;1H4. The van der Waals surface area contributed by atoms with Crippen molar-refractivity contribution in [2.75, 3.05) is 0 Å². The molecule has 0 radical (unpaired) electrons. The number of hydrogen-bond donors (Lipinski definition) is 0. The second-order valence-electron chi connectivity index (χ2n) is 9.51. The molecule has 1 saturated carbocycles. The Morgan fingerprint density at radius 3 is 1.00 bits per heavy atom. The average molecular weight is 419 g/mol. The molecule has 0 amide bonds. The molecule has 1 aliphatic carbocycles. The van der Waals surface area contributed by atoms with Gasteiger partial charge in [0.1, 0.15) is 0 Å². The molecule has 1 rings (SSSR count). The van der Waals surface area contributed by atoms with Crippen LogP contribution in [0.3, 0.4) is 0 Å². The van der Waals surface area contributed by atoms with E-state index in [1.807, 2.05) is 13.8 Å². The second kappa shape index (κ2) is 42.2. The quantitative estimate of drug-likeness (QED) is 0.389. The number of hydrogen-bond acceptors (Lipinski definition) is 0. The first-order chi connectivity index (χ1) is 13.1. The van der Waals surface area contributed by atoms with Gasteiger partial charge in [0.15, 0.2) is 0 Å². The Labute approximate surface area is 192 Å². The van der Waals surface area contributed by atoms with Crippen LogP contribution in [0.1, 0.15) is 181 Å². The van der Waals surface area contributed by atoms with Crippen LogP contribution in [-0.4, -0.2) is 0 Å². The summed E-state index contributed by atoms with van der Waals surface area (Å²) in [5.74, 6) is 1.04. The van der Waals surface area contributed by atoms with Crippen molar-refractivity contribution in [3.05, 3.63) is 0 Å². The molecular weight excluding hydrogens is 348 g/mol. The zero-order chi connectivity index (χ0) is 23.3. The summed E-state index contributed by atoms with van der Waals surface area (Å²) < 4.78 is 0. The van der Waals surface area contributed by atoms with Crippen molar-refractivity contribution < 1.29 is 0 Å². The minimum atomic E-state index is 0. The maximum atomic E-state index is 2.36. The molecule has 1 fully saturated rings. The van der Waals surface area contributed by atoms with Gasteiger partial charge in [-0.2, -0.15) is 0 Å². The molecule has 0 N–H and O–H groups in total. The summed E-state index contributed by atoms with van der Waals surface area (Å²) in [5.41, 5.74) is 0.500. The van der Waals surface area contributed by atoms with Gasteiger partial charge < -0.3 is 0 Å². The predicted octanol–water partition coefficient (Wildman–Crippen LogP) is 12.5. The molecule has 0 heterocycles. The van der Waals surface area contributed by atoms with E-state index in [1.165, 1.54) is 83.5 Å². The van der Waals surface area contributed by atoms with E-state index >= 15 is 0 Å². The van der Waals surface area contributed by atoms with Crippen LogP contribution >= 0.6 is 0 Å². The van der Waals surface area contributed by atoms with Crippen LogP contribution in [0.25, 0.3) is 0 Å². The fourth-order valence-corrected chi connectivity index (χ4v) is 1.98. The number of unbranched alkanes of at least 4 members (excludes halogenated alkanes) is 5. The van der Waals surface area contributed by atoms with Crippen LogP contribution < -0.4 is 0 Å². The summed E-state index contributed by atoms with van der Waals surface area (Å²) in [4.78, 5) is 0. The SMILES string of the molecule is C.CC.CC(C)(C)C.CC1CCCCC1.CCC.CCCC.CCCCCCC. The highest BCUT2D eigenvalue weighted by Crippen LogP contribution is 2.22. The molecule has 186 valence electrons. The lowest BCUT2D eigenvalue weighted by atomic mass is 9.91. The van der Waals surface area contributed by atoms with Crippen molar-refractivity contribution in [1.29, 1.82) is 0 Å². The van der Waals surface area contributed by atoms with Gasteiger partial charge in [-0.3, -0.25) is 0 Å². The van der Waals surface area contributed by atoms with E-state index in [0.29, 0.717) is 5.41 Å². The normalized spacial score (nSPS) is 12.3. The Bertz CT molecular complexity index is 169. The smallest absolute Gasteiger partial charge is 0.0411 e. The van der Waals surface area contributed by atoms with Crippen LogP contribution in [0, 0.1) is 11.3 Å². The van der Waals surface area contributed by atoms with E-state index in [9.17, 15) is 0 Å². The van der Waals surface area contributed by atoms with E-state index in [-0.39, 0.29) is 7.43 Å². The molecule has 0 bridgehead atoms. The zero-order valence-electron chi connectivity index (χ0n) is 23.3. The van der Waals surface area contributed by atoms with Gasteiger partial charge in [0.2, 0.25) is 0 Å². The van der Waals surface area contributed by atoms with Gasteiger partial charge in [-0.25, -0.2) is 0 Å². The van der Waals surface area contributed by atoms with Crippen LogP contribution in [0.5, 0.6) is 0 Å². The van der Waals surface area contributed by atoms with Crippen molar-refractivity contribution in [3.8, 4) is 0 Å². The summed E-state index contributed by atoms with van der Waals surface area (Å²) >= 11 is 0. The van der Waals surface area contributed by atoms with Crippen LogP contribution in [0.4, 0.5) is 0 Å². The molecule has 0 nitrogen and oxygen atoms in total. The molecule has 0 atom stereocenters. The Hall–Kier alpha value is 0. The summed E-state index contributed by atoms with van der Waals surface area (Å²) in [7, 11) is 0. The monoisotopic (exact) mass is 419 g/mol. The lowest BCUT2D eigenvalue weighted by Gasteiger charge is -2.15. The average Bonchev–Trinajstić information content (AvgIpc) is 2.65. The highest BCUT2D eigenvalue weighted by molar-refractivity contribution is 4.59. The van der Waals surface area contributed by atoms with Crippen LogP contribution in [0.2, 0.25) is 0 Å². The molecule has 0 aromatic carbocycles. The predicted molar refractivity (Wildman–Crippen MR) is 146 cm³/mol. The first-order valence-corrected chi connectivity index (χ1v) is 13.1.